The van der Waals surface area contributed by atoms with Crippen molar-refractivity contribution >= 4 is 11.6 Å². The second-order valence-corrected chi connectivity index (χ2v) is 6.61. The molecule has 1 aliphatic rings. The van der Waals surface area contributed by atoms with E-state index in [-0.39, 0.29) is 34.8 Å². The molecule has 2 atom stereocenters. The van der Waals surface area contributed by atoms with Gasteiger partial charge in [0.05, 0.1) is 24.6 Å². The normalized spacial score (nSPS) is 18.5. The molecule has 0 aliphatic carbocycles. The van der Waals surface area contributed by atoms with Crippen molar-refractivity contribution in [2.75, 3.05) is 6.61 Å². The van der Waals surface area contributed by atoms with Gasteiger partial charge in [-0.15, -0.1) is 0 Å². The van der Waals surface area contributed by atoms with Gasteiger partial charge in [-0.3, -0.25) is 4.79 Å². The quantitative estimate of drug-likeness (QED) is 0.734. The molecular weight excluding hydrogens is 377 g/mol. The van der Waals surface area contributed by atoms with Gasteiger partial charge in [-0.25, -0.2) is 9.50 Å². The average Bonchev–Trinajstić information content (AvgIpc) is 3.40. The second-order valence-electron chi connectivity index (χ2n) is 6.61. The molecule has 28 heavy (non-hydrogen) atoms. The molecule has 4 rings (SSSR count). The number of nitrogens with zero attached hydrogens (tertiary/aromatic N) is 3. The Hall–Kier alpha value is -2.88. The third kappa shape index (κ3) is 3.35. The first-order valence-corrected chi connectivity index (χ1v) is 8.77. The molecule has 3 aromatic heterocycles. The maximum Gasteiger partial charge on any atom is 0.433 e. The van der Waals surface area contributed by atoms with E-state index in [4.69, 9.17) is 9.15 Å². The van der Waals surface area contributed by atoms with E-state index in [1.807, 2.05) is 0 Å². The summed E-state index contributed by atoms with van der Waals surface area (Å²) in [7, 11) is 0. The average molecular weight is 394 g/mol. The topological polar surface area (TPSA) is 81.7 Å². The van der Waals surface area contributed by atoms with Crippen LogP contribution < -0.4 is 5.32 Å². The van der Waals surface area contributed by atoms with Crippen LogP contribution in [-0.4, -0.2) is 39.3 Å². The van der Waals surface area contributed by atoms with Crippen LogP contribution in [0.2, 0.25) is 0 Å². The number of amides is 1. The molecule has 0 spiro atoms. The van der Waals surface area contributed by atoms with Crippen molar-refractivity contribution in [2.24, 2.45) is 0 Å². The van der Waals surface area contributed by atoms with Crippen LogP contribution in [-0.2, 0) is 10.9 Å². The summed E-state index contributed by atoms with van der Waals surface area (Å²) in [5.41, 5.74) is -1.33. The first-order chi connectivity index (χ1) is 13.3. The number of furan rings is 1. The smallest absolute Gasteiger partial charge is 0.433 e. The number of hydrogen-bond acceptors (Lipinski definition) is 5. The van der Waals surface area contributed by atoms with Crippen LogP contribution in [0.1, 0.15) is 35.8 Å². The van der Waals surface area contributed by atoms with Gasteiger partial charge in [0.1, 0.15) is 11.3 Å². The standard InChI is InChI=1S/C18H17F3N4O3/c1-10(13-4-2-6-27-13)23-17(26)11-9-22-25-15(18(19,20)21)8-12(24-16(11)25)14-5-3-7-28-14/h3,5,7-10,13H,2,4,6H2,1H3,(H,23,26)/t10-,13-/m1/s1. The molecule has 1 amide bonds. The summed E-state index contributed by atoms with van der Waals surface area (Å²) in [4.78, 5) is 16.9. The number of carbonyl (C=O) groups is 1. The largest absolute Gasteiger partial charge is 0.463 e. The molecule has 10 heteroatoms. The minimum absolute atomic E-state index is 0.0356. The molecule has 0 unspecified atom stereocenters. The van der Waals surface area contributed by atoms with Crippen LogP contribution in [0, 0.1) is 0 Å². The molecule has 7 nitrogen and oxygen atoms in total. The Morgan fingerprint density at radius 1 is 1.43 bits per heavy atom. The van der Waals surface area contributed by atoms with Gasteiger partial charge in [0.15, 0.2) is 17.1 Å². The summed E-state index contributed by atoms with van der Waals surface area (Å²) in [6, 6.07) is 3.59. The first kappa shape index (κ1) is 18.5. The van der Waals surface area contributed by atoms with Crippen LogP contribution >= 0.6 is 0 Å². The van der Waals surface area contributed by atoms with Crippen LogP contribution in [0.3, 0.4) is 0 Å². The van der Waals surface area contributed by atoms with E-state index in [1.54, 1.807) is 13.0 Å². The monoisotopic (exact) mass is 394 g/mol. The maximum atomic E-state index is 13.5. The highest BCUT2D eigenvalue weighted by molar-refractivity contribution is 6.00. The molecule has 1 N–H and O–H groups in total. The maximum absolute atomic E-state index is 13.5. The van der Waals surface area contributed by atoms with Crippen molar-refractivity contribution in [3.63, 3.8) is 0 Å². The second kappa shape index (κ2) is 6.93. The number of fused-ring (bicyclic) bond motifs is 1. The highest BCUT2D eigenvalue weighted by Crippen LogP contribution is 2.32. The molecule has 148 valence electrons. The zero-order valence-corrected chi connectivity index (χ0v) is 14.9. The number of ether oxygens (including phenoxy) is 1. The lowest BCUT2D eigenvalue weighted by atomic mass is 10.1. The van der Waals surface area contributed by atoms with Gasteiger partial charge >= 0.3 is 6.18 Å². The predicted molar refractivity (Wildman–Crippen MR) is 91.6 cm³/mol. The van der Waals surface area contributed by atoms with E-state index in [9.17, 15) is 18.0 Å². The zero-order valence-electron chi connectivity index (χ0n) is 14.9. The lowest BCUT2D eigenvalue weighted by Gasteiger charge is -2.19. The highest BCUT2D eigenvalue weighted by Gasteiger charge is 2.36. The fraction of sp³-hybridized carbons (Fsp3) is 0.389. The molecule has 0 bridgehead atoms. The Morgan fingerprint density at radius 2 is 2.25 bits per heavy atom. The minimum Gasteiger partial charge on any atom is -0.463 e. The lowest BCUT2D eigenvalue weighted by Crippen LogP contribution is -2.40. The van der Waals surface area contributed by atoms with Gasteiger partial charge in [0.2, 0.25) is 0 Å². The first-order valence-electron chi connectivity index (χ1n) is 8.77. The van der Waals surface area contributed by atoms with Crippen LogP contribution in [0.4, 0.5) is 13.2 Å². The van der Waals surface area contributed by atoms with Crippen molar-refractivity contribution in [3.8, 4) is 11.5 Å². The Balaban J connectivity index is 1.75. The number of carbonyl (C=O) groups excluding carboxylic acids is 1. The van der Waals surface area contributed by atoms with Crippen molar-refractivity contribution in [1.29, 1.82) is 0 Å². The van der Waals surface area contributed by atoms with Crippen LogP contribution in [0.5, 0.6) is 0 Å². The predicted octanol–water partition coefficient (Wildman–Crippen LogP) is 3.31. The SMILES string of the molecule is C[C@@H](NC(=O)c1cnn2c(C(F)(F)F)cc(-c3ccco3)nc12)[C@H]1CCCO1. The van der Waals surface area contributed by atoms with Crippen molar-refractivity contribution in [1.82, 2.24) is 19.9 Å². The third-order valence-electron chi connectivity index (χ3n) is 4.66. The van der Waals surface area contributed by atoms with Crippen molar-refractivity contribution < 1.29 is 27.1 Å². The van der Waals surface area contributed by atoms with Gasteiger partial charge in [-0.2, -0.15) is 18.3 Å². The highest BCUT2D eigenvalue weighted by atomic mass is 19.4. The molecule has 1 aliphatic heterocycles. The number of halogens is 3. The van der Waals surface area contributed by atoms with E-state index >= 15 is 0 Å². The number of aromatic nitrogens is 3. The Bertz CT molecular complexity index is 992. The van der Waals surface area contributed by atoms with Gasteiger partial charge in [0, 0.05) is 6.61 Å². The Labute approximate surface area is 157 Å². The van der Waals surface area contributed by atoms with Gasteiger partial charge in [-0.05, 0) is 38.0 Å². The van der Waals surface area contributed by atoms with Gasteiger partial charge in [-0.1, -0.05) is 0 Å². The Morgan fingerprint density at radius 3 is 2.89 bits per heavy atom. The van der Waals surface area contributed by atoms with Crippen LogP contribution in [0.15, 0.2) is 35.1 Å². The molecule has 1 fully saturated rings. The fourth-order valence-electron chi connectivity index (χ4n) is 3.25. The Kier molecular flexibility index (Phi) is 4.58. The third-order valence-corrected chi connectivity index (χ3v) is 4.66. The number of rotatable bonds is 4. The molecule has 0 saturated carbocycles. The molecular formula is C18H17F3N4O3. The van der Waals surface area contributed by atoms with Gasteiger partial charge in [0.25, 0.3) is 5.91 Å². The summed E-state index contributed by atoms with van der Waals surface area (Å²) in [5.74, 6) is -0.400. The van der Waals surface area contributed by atoms with Crippen molar-refractivity contribution in [3.05, 3.63) is 41.9 Å². The number of nitrogens with one attached hydrogen (secondary N) is 1. The van der Waals surface area contributed by atoms with E-state index in [1.165, 1.54) is 12.3 Å². The summed E-state index contributed by atoms with van der Waals surface area (Å²) in [6.45, 7) is 2.42. The molecule has 4 heterocycles. The molecule has 0 aromatic carbocycles. The lowest BCUT2D eigenvalue weighted by molar-refractivity contribution is -0.142. The summed E-state index contributed by atoms with van der Waals surface area (Å²) in [6.07, 6.45) is -0.668. The van der Waals surface area contributed by atoms with Gasteiger partial charge < -0.3 is 14.5 Å². The molecule has 1 saturated heterocycles. The fourth-order valence-corrected chi connectivity index (χ4v) is 3.25. The number of hydrogen-bond donors (Lipinski definition) is 1. The van der Waals surface area contributed by atoms with E-state index < -0.39 is 17.8 Å². The summed E-state index contributed by atoms with van der Waals surface area (Å²) in [5, 5.41) is 6.51. The molecule has 0 radical (unpaired) electrons. The van der Waals surface area contributed by atoms with E-state index in [2.05, 4.69) is 15.4 Å². The van der Waals surface area contributed by atoms with E-state index in [0.29, 0.717) is 11.1 Å². The summed E-state index contributed by atoms with van der Waals surface area (Å²) >= 11 is 0. The van der Waals surface area contributed by atoms with Crippen LogP contribution in [0.25, 0.3) is 17.1 Å². The van der Waals surface area contributed by atoms with Crippen molar-refractivity contribution in [2.45, 2.75) is 38.1 Å². The van der Waals surface area contributed by atoms with E-state index in [0.717, 1.165) is 25.1 Å². The summed E-state index contributed by atoms with van der Waals surface area (Å²) < 4.78 is 51.9. The zero-order chi connectivity index (χ0) is 19.9. The minimum atomic E-state index is -4.69. The number of alkyl halides is 3. The molecule has 3 aromatic rings.